The van der Waals surface area contributed by atoms with Gasteiger partial charge in [0.15, 0.2) is 15.6 Å². The van der Waals surface area contributed by atoms with Gasteiger partial charge < -0.3 is 18.6 Å². The molecule has 0 aliphatic heterocycles. The van der Waals surface area contributed by atoms with Crippen LogP contribution in [0.4, 0.5) is 0 Å². The lowest BCUT2D eigenvalue weighted by Gasteiger charge is -2.10. The fourth-order valence-corrected chi connectivity index (χ4v) is 5.45. The number of imidazole rings is 1. The maximum Gasteiger partial charge on any atom is 0.294 e. The zero-order chi connectivity index (χ0) is 27.1. The number of pyridine rings is 1. The van der Waals surface area contributed by atoms with Crippen LogP contribution in [-0.4, -0.2) is 48.5 Å². The van der Waals surface area contributed by atoms with E-state index in [0.717, 1.165) is 16.5 Å². The summed E-state index contributed by atoms with van der Waals surface area (Å²) in [6, 6.07) is 15.8. The van der Waals surface area contributed by atoms with E-state index in [2.05, 4.69) is 15.1 Å². The Hall–Kier alpha value is -4.42. The minimum atomic E-state index is -3.27. The van der Waals surface area contributed by atoms with Crippen LogP contribution < -0.4 is 14.2 Å². The van der Waals surface area contributed by atoms with Crippen LogP contribution in [-0.2, 0) is 16.4 Å². The van der Waals surface area contributed by atoms with Crippen LogP contribution in [0.1, 0.15) is 5.56 Å². The first kappa shape index (κ1) is 24.9. The number of benzene rings is 2. The summed E-state index contributed by atoms with van der Waals surface area (Å²) in [5, 5.41) is 5.72. The third kappa shape index (κ3) is 4.91. The van der Waals surface area contributed by atoms with E-state index in [1.807, 2.05) is 24.3 Å². The van der Waals surface area contributed by atoms with Gasteiger partial charge in [-0.2, -0.15) is 0 Å². The van der Waals surface area contributed by atoms with Gasteiger partial charge in [-0.1, -0.05) is 12.1 Å². The zero-order valence-corrected chi connectivity index (χ0v) is 22.7. The van der Waals surface area contributed by atoms with Crippen molar-refractivity contribution in [3.05, 3.63) is 72.6 Å². The second-order valence-corrected chi connectivity index (χ2v) is 11.6. The Morgan fingerprint density at radius 1 is 0.974 bits per heavy atom. The van der Waals surface area contributed by atoms with Crippen LogP contribution >= 0.6 is 11.3 Å². The van der Waals surface area contributed by atoms with Gasteiger partial charge in [-0.3, -0.25) is 4.98 Å². The van der Waals surface area contributed by atoms with Crippen molar-refractivity contribution in [3.63, 3.8) is 0 Å². The van der Waals surface area contributed by atoms with Gasteiger partial charge in [0.2, 0.25) is 4.96 Å². The summed E-state index contributed by atoms with van der Waals surface area (Å²) in [7, 11) is -0.102. The Morgan fingerprint density at radius 2 is 1.79 bits per heavy atom. The van der Waals surface area contributed by atoms with E-state index >= 15 is 0 Å². The monoisotopic (exact) mass is 562 g/mol. The van der Waals surface area contributed by atoms with Gasteiger partial charge in [0, 0.05) is 41.1 Å². The maximum atomic E-state index is 11.8. The van der Waals surface area contributed by atoms with Gasteiger partial charge in [0.05, 0.1) is 31.0 Å². The molecule has 2 aromatic carbocycles. The molecule has 0 unspecified atom stereocenters. The molecule has 0 atom stereocenters. The van der Waals surface area contributed by atoms with Crippen LogP contribution in [0.15, 0.2) is 76.3 Å². The standard InChI is InChI=1S/C27H22N4O6S2/c1-34-19-10-17(15-36-18-8-9-28-22(11-18)16-4-6-20(7-5-16)39(3,32)33)21-13-25(37-24(21)12-19)23-14-31-26(29-23)38-27(30-31)35-2/h4-14H,15H2,1-3H3. The molecule has 0 amide bonds. The molecular formula is C27H22N4O6S2. The van der Waals surface area contributed by atoms with E-state index in [4.69, 9.17) is 18.6 Å². The van der Waals surface area contributed by atoms with E-state index in [0.29, 0.717) is 44.4 Å². The summed E-state index contributed by atoms with van der Waals surface area (Å²) in [4.78, 5) is 9.98. The zero-order valence-electron chi connectivity index (χ0n) is 21.1. The van der Waals surface area contributed by atoms with E-state index in [9.17, 15) is 8.42 Å². The molecule has 0 fully saturated rings. The molecule has 6 aromatic rings. The largest absolute Gasteiger partial charge is 0.497 e. The van der Waals surface area contributed by atoms with Gasteiger partial charge in [-0.05, 0) is 41.7 Å². The van der Waals surface area contributed by atoms with E-state index in [-0.39, 0.29) is 11.5 Å². The van der Waals surface area contributed by atoms with Crippen molar-refractivity contribution >= 4 is 37.1 Å². The third-order valence-corrected chi connectivity index (χ3v) is 8.10. The SMILES string of the molecule is COc1cc(COc2ccnc(-c3ccc(S(C)(=O)=O)cc3)c2)c2cc(-c3cn4nc(OC)sc4n3)oc2c1. The average molecular weight is 563 g/mol. The Balaban J connectivity index is 1.27. The Labute approximate surface area is 227 Å². The highest BCUT2D eigenvalue weighted by Crippen LogP contribution is 2.34. The quantitative estimate of drug-likeness (QED) is 0.245. The van der Waals surface area contributed by atoms with Crippen LogP contribution in [0, 0.1) is 0 Å². The molecule has 10 nitrogen and oxygen atoms in total. The average Bonchev–Trinajstić information content (AvgIpc) is 3.64. The summed E-state index contributed by atoms with van der Waals surface area (Å²) in [5.74, 6) is 1.85. The minimum Gasteiger partial charge on any atom is -0.497 e. The van der Waals surface area contributed by atoms with Gasteiger partial charge in [0.1, 0.15) is 29.4 Å². The van der Waals surface area contributed by atoms with Crippen molar-refractivity contribution in [1.82, 2.24) is 19.6 Å². The summed E-state index contributed by atoms with van der Waals surface area (Å²) < 4.78 is 48.1. The highest BCUT2D eigenvalue weighted by atomic mass is 32.2. The van der Waals surface area contributed by atoms with Crippen molar-refractivity contribution in [2.24, 2.45) is 0 Å². The highest BCUT2D eigenvalue weighted by molar-refractivity contribution is 7.90. The lowest BCUT2D eigenvalue weighted by molar-refractivity contribution is 0.306. The molecule has 0 bridgehead atoms. The van der Waals surface area contributed by atoms with Crippen molar-refractivity contribution in [2.75, 3.05) is 20.5 Å². The van der Waals surface area contributed by atoms with Gasteiger partial charge in [0.25, 0.3) is 5.19 Å². The lowest BCUT2D eigenvalue weighted by Crippen LogP contribution is -1.98. The number of hydrogen-bond acceptors (Lipinski definition) is 10. The van der Waals surface area contributed by atoms with Crippen LogP contribution in [0.2, 0.25) is 0 Å². The lowest BCUT2D eigenvalue weighted by atomic mass is 10.1. The maximum absolute atomic E-state index is 11.8. The number of fused-ring (bicyclic) bond motifs is 2. The molecule has 0 radical (unpaired) electrons. The predicted octanol–water partition coefficient (Wildman–Crippen LogP) is 5.27. The fourth-order valence-electron chi connectivity index (χ4n) is 4.12. The molecule has 0 spiro atoms. The third-order valence-electron chi connectivity index (χ3n) is 6.09. The molecule has 0 aliphatic carbocycles. The molecule has 0 saturated heterocycles. The van der Waals surface area contributed by atoms with Crippen molar-refractivity contribution < 1.29 is 27.0 Å². The number of methoxy groups -OCH3 is 2. The number of sulfone groups is 1. The number of hydrogen-bond donors (Lipinski definition) is 0. The Bertz CT molecular complexity index is 1890. The van der Waals surface area contributed by atoms with Gasteiger partial charge in [-0.25, -0.2) is 17.9 Å². The molecule has 0 saturated carbocycles. The second kappa shape index (κ2) is 9.71. The van der Waals surface area contributed by atoms with Crippen molar-refractivity contribution in [2.45, 2.75) is 11.5 Å². The molecule has 4 heterocycles. The first-order chi connectivity index (χ1) is 18.8. The van der Waals surface area contributed by atoms with Gasteiger partial charge >= 0.3 is 0 Å². The number of furan rings is 1. The van der Waals surface area contributed by atoms with Crippen molar-refractivity contribution in [3.8, 4) is 39.4 Å². The predicted molar refractivity (Wildman–Crippen MR) is 146 cm³/mol. The molecule has 12 heteroatoms. The van der Waals surface area contributed by atoms with Crippen LogP contribution in [0.5, 0.6) is 16.7 Å². The first-order valence-corrected chi connectivity index (χ1v) is 14.4. The molecule has 39 heavy (non-hydrogen) atoms. The van der Waals surface area contributed by atoms with E-state index < -0.39 is 9.84 Å². The highest BCUT2D eigenvalue weighted by Gasteiger charge is 2.17. The number of aromatic nitrogens is 4. The van der Waals surface area contributed by atoms with Crippen molar-refractivity contribution in [1.29, 1.82) is 0 Å². The molecular weight excluding hydrogens is 540 g/mol. The first-order valence-electron chi connectivity index (χ1n) is 11.7. The topological polar surface area (TPSA) is 118 Å². The molecule has 198 valence electrons. The molecule has 0 N–H and O–H groups in total. The smallest absolute Gasteiger partial charge is 0.294 e. The van der Waals surface area contributed by atoms with Crippen LogP contribution in [0.3, 0.4) is 0 Å². The Morgan fingerprint density at radius 3 is 2.51 bits per heavy atom. The summed E-state index contributed by atoms with van der Waals surface area (Å²) in [6.07, 6.45) is 4.62. The second-order valence-electron chi connectivity index (χ2n) is 8.70. The molecule has 4 aromatic heterocycles. The fraction of sp³-hybridized carbons (Fsp3) is 0.148. The molecule has 6 rings (SSSR count). The van der Waals surface area contributed by atoms with Gasteiger partial charge in [-0.15, -0.1) is 5.10 Å². The Kier molecular flexibility index (Phi) is 6.20. The van der Waals surface area contributed by atoms with E-state index in [1.54, 1.807) is 61.5 Å². The minimum absolute atomic E-state index is 0.250. The molecule has 0 aliphatic rings. The van der Waals surface area contributed by atoms with E-state index in [1.165, 1.54) is 17.6 Å². The number of rotatable bonds is 8. The van der Waals surface area contributed by atoms with Crippen LogP contribution in [0.25, 0.3) is 38.6 Å². The number of ether oxygens (including phenoxy) is 3. The number of nitrogens with zero attached hydrogens (tertiary/aromatic N) is 4. The normalized spacial score (nSPS) is 11.8. The summed E-state index contributed by atoms with van der Waals surface area (Å²) >= 11 is 1.34. The summed E-state index contributed by atoms with van der Waals surface area (Å²) in [6.45, 7) is 0.250. The summed E-state index contributed by atoms with van der Waals surface area (Å²) in [5.41, 5.74) is 3.61.